The van der Waals surface area contributed by atoms with E-state index < -0.39 is 5.97 Å². The maximum Gasteiger partial charge on any atom is 0.335 e. The second kappa shape index (κ2) is 5.42. The van der Waals surface area contributed by atoms with E-state index in [1.807, 2.05) is 13.0 Å². The van der Waals surface area contributed by atoms with Crippen LogP contribution in [0.15, 0.2) is 18.2 Å². The summed E-state index contributed by atoms with van der Waals surface area (Å²) in [5.74, 6) is -0.0768. The molecule has 98 valence electrons. The molecule has 0 saturated carbocycles. The Morgan fingerprint density at radius 1 is 1.50 bits per heavy atom. The van der Waals surface area contributed by atoms with Gasteiger partial charge in [-0.2, -0.15) is 0 Å². The Morgan fingerprint density at radius 3 is 2.89 bits per heavy atom. The second-order valence-corrected chi connectivity index (χ2v) is 5.17. The van der Waals surface area contributed by atoms with Gasteiger partial charge in [-0.3, -0.25) is 0 Å². The van der Waals surface area contributed by atoms with Crippen molar-refractivity contribution in [2.24, 2.45) is 5.92 Å². The number of aryl methyl sites for hydroxylation is 1. The smallest absolute Gasteiger partial charge is 0.335 e. The van der Waals surface area contributed by atoms with Crippen molar-refractivity contribution in [3.63, 3.8) is 0 Å². The number of hydrogen-bond donors (Lipinski definition) is 1. The molecule has 1 heterocycles. The molecule has 0 aliphatic carbocycles. The normalized spacial score (nSPS) is 19.9. The molecule has 3 heteroatoms. The minimum absolute atomic E-state index is 0.375. The lowest BCUT2D eigenvalue weighted by Gasteiger charge is -2.35. The van der Waals surface area contributed by atoms with Crippen molar-refractivity contribution in [2.75, 3.05) is 18.0 Å². The topological polar surface area (TPSA) is 40.5 Å². The Bertz CT molecular complexity index is 442. The van der Waals surface area contributed by atoms with E-state index in [1.165, 1.54) is 24.9 Å². The molecule has 1 aromatic carbocycles. The summed E-state index contributed by atoms with van der Waals surface area (Å²) in [4.78, 5) is 13.3. The van der Waals surface area contributed by atoms with E-state index in [4.69, 9.17) is 5.11 Å². The van der Waals surface area contributed by atoms with Crippen LogP contribution in [-0.4, -0.2) is 24.2 Å². The fourth-order valence-corrected chi connectivity index (χ4v) is 2.76. The average molecular weight is 247 g/mol. The summed E-state index contributed by atoms with van der Waals surface area (Å²) in [5.41, 5.74) is 2.63. The molecular formula is C15H21NO2. The molecule has 1 fully saturated rings. The van der Waals surface area contributed by atoms with Crippen LogP contribution in [0.4, 0.5) is 5.69 Å². The monoisotopic (exact) mass is 247 g/mol. The standard InChI is InChI=1S/C15H21NO2/c1-3-12-5-4-8-16(10-12)14-7-6-13(15(17)18)9-11(14)2/h6-7,9,12H,3-5,8,10H2,1-2H3,(H,17,18). The van der Waals surface area contributed by atoms with Gasteiger partial charge in [0.15, 0.2) is 0 Å². The van der Waals surface area contributed by atoms with Gasteiger partial charge in [0.2, 0.25) is 0 Å². The van der Waals surface area contributed by atoms with E-state index in [1.54, 1.807) is 12.1 Å². The molecule has 1 unspecified atom stereocenters. The lowest BCUT2D eigenvalue weighted by molar-refractivity contribution is 0.0697. The number of piperidine rings is 1. The number of benzene rings is 1. The lowest BCUT2D eigenvalue weighted by atomic mass is 9.94. The lowest BCUT2D eigenvalue weighted by Crippen LogP contribution is -2.35. The van der Waals surface area contributed by atoms with E-state index in [-0.39, 0.29) is 0 Å². The van der Waals surface area contributed by atoms with Crippen LogP contribution in [0, 0.1) is 12.8 Å². The van der Waals surface area contributed by atoms with Gasteiger partial charge in [-0.25, -0.2) is 4.79 Å². The Kier molecular flexibility index (Phi) is 3.90. The van der Waals surface area contributed by atoms with Crippen molar-refractivity contribution in [1.29, 1.82) is 0 Å². The Labute approximate surface area is 108 Å². The molecule has 2 rings (SSSR count). The van der Waals surface area contributed by atoms with Crippen LogP contribution in [0.1, 0.15) is 42.1 Å². The number of nitrogens with zero attached hydrogens (tertiary/aromatic N) is 1. The van der Waals surface area contributed by atoms with E-state index >= 15 is 0 Å². The fraction of sp³-hybridized carbons (Fsp3) is 0.533. The number of carboxylic acids is 1. The predicted molar refractivity (Wildman–Crippen MR) is 73.4 cm³/mol. The van der Waals surface area contributed by atoms with Crippen molar-refractivity contribution in [1.82, 2.24) is 0 Å². The molecule has 1 saturated heterocycles. The zero-order chi connectivity index (χ0) is 13.1. The van der Waals surface area contributed by atoms with E-state index in [9.17, 15) is 4.79 Å². The third-order valence-corrected chi connectivity index (χ3v) is 3.88. The molecule has 1 aliphatic heterocycles. The van der Waals surface area contributed by atoms with Gasteiger partial charge in [-0.1, -0.05) is 13.3 Å². The summed E-state index contributed by atoms with van der Waals surface area (Å²) in [7, 11) is 0. The van der Waals surface area contributed by atoms with Crippen molar-refractivity contribution in [3.8, 4) is 0 Å². The molecule has 1 atom stereocenters. The van der Waals surface area contributed by atoms with Crippen molar-refractivity contribution < 1.29 is 9.90 Å². The van der Waals surface area contributed by atoms with Crippen LogP contribution >= 0.6 is 0 Å². The molecule has 1 N–H and O–H groups in total. The summed E-state index contributed by atoms with van der Waals surface area (Å²) in [6.45, 7) is 6.43. The minimum atomic E-state index is -0.852. The predicted octanol–water partition coefficient (Wildman–Crippen LogP) is 3.32. The highest BCUT2D eigenvalue weighted by Crippen LogP contribution is 2.27. The highest BCUT2D eigenvalue weighted by molar-refractivity contribution is 5.88. The molecule has 0 bridgehead atoms. The van der Waals surface area contributed by atoms with E-state index in [0.29, 0.717) is 5.56 Å². The Morgan fingerprint density at radius 2 is 2.28 bits per heavy atom. The number of anilines is 1. The fourth-order valence-electron chi connectivity index (χ4n) is 2.76. The van der Waals surface area contributed by atoms with Gasteiger partial charge in [-0.15, -0.1) is 0 Å². The third kappa shape index (κ3) is 2.66. The summed E-state index contributed by atoms with van der Waals surface area (Å²) in [6, 6.07) is 5.43. The van der Waals surface area contributed by atoms with Gasteiger partial charge >= 0.3 is 5.97 Å². The first-order chi connectivity index (χ1) is 8.61. The van der Waals surface area contributed by atoms with Crippen LogP contribution in [0.3, 0.4) is 0 Å². The Balaban J connectivity index is 2.20. The highest BCUT2D eigenvalue weighted by Gasteiger charge is 2.20. The van der Waals surface area contributed by atoms with Gasteiger partial charge in [0.1, 0.15) is 0 Å². The van der Waals surface area contributed by atoms with Gasteiger partial charge in [0.25, 0.3) is 0 Å². The van der Waals surface area contributed by atoms with Crippen molar-refractivity contribution in [3.05, 3.63) is 29.3 Å². The van der Waals surface area contributed by atoms with Crippen LogP contribution in [0.5, 0.6) is 0 Å². The molecule has 1 aromatic rings. The van der Waals surface area contributed by atoms with Crippen molar-refractivity contribution in [2.45, 2.75) is 33.1 Å². The highest BCUT2D eigenvalue weighted by atomic mass is 16.4. The minimum Gasteiger partial charge on any atom is -0.478 e. The average Bonchev–Trinajstić information content (AvgIpc) is 2.38. The molecule has 0 radical (unpaired) electrons. The first kappa shape index (κ1) is 12.9. The van der Waals surface area contributed by atoms with Gasteiger partial charge in [0.05, 0.1) is 5.56 Å². The zero-order valence-corrected chi connectivity index (χ0v) is 11.1. The molecule has 18 heavy (non-hydrogen) atoms. The van der Waals surface area contributed by atoms with Gasteiger partial charge < -0.3 is 10.0 Å². The summed E-state index contributed by atoms with van der Waals surface area (Å²) < 4.78 is 0. The number of rotatable bonds is 3. The van der Waals surface area contributed by atoms with Crippen molar-refractivity contribution >= 4 is 11.7 Å². The quantitative estimate of drug-likeness (QED) is 0.890. The SMILES string of the molecule is CCC1CCCN(c2ccc(C(=O)O)cc2C)C1. The molecule has 3 nitrogen and oxygen atoms in total. The summed E-state index contributed by atoms with van der Waals surface area (Å²) in [5, 5.41) is 8.98. The van der Waals surface area contributed by atoms with Crippen LogP contribution in [0.2, 0.25) is 0 Å². The number of aromatic carboxylic acids is 1. The number of hydrogen-bond acceptors (Lipinski definition) is 2. The van der Waals surface area contributed by atoms with E-state index in [2.05, 4.69) is 11.8 Å². The molecule has 0 aromatic heterocycles. The van der Waals surface area contributed by atoms with Gasteiger partial charge in [-0.05, 0) is 49.4 Å². The number of carboxylic acid groups (broad SMARTS) is 1. The van der Waals surface area contributed by atoms with Crippen LogP contribution < -0.4 is 4.90 Å². The van der Waals surface area contributed by atoms with E-state index in [0.717, 1.165) is 24.6 Å². The van der Waals surface area contributed by atoms with Crippen LogP contribution in [0.25, 0.3) is 0 Å². The maximum atomic E-state index is 10.9. The first-order valence-corrected chi connectivity index (χ1v) is 6.70. The summed E-state index contributed by atoms with van der Waals surface area (Å²) >= 11 is 0. The molecular weight excluding hydrogens is 226 g/mol. The molecule has 0 amide bonds. The molecule has 1 aliphatic rings. The number of carbonyl (C=O) groups is 1. The van der Waals surface area contributed by atoms with Crippen LogP contribution in [-0.2, 0) is 0 Å². The third-order valence-electron chi connectivity index (χ3n) is 3.88. The molecule has 0 spiro atoms. The second-order valence-electron chi connectivity index (χ2n) is 5.17. The zero-order valence-electron chi connectivity index (χ0n) is 11.1. The van der Waals surface area contributed by atoms with Gasteiger partial charge in [0, 0.05) is 18.8 Å². The Hall–Kier alpha value is -1.51. The summed E-state index contributed by atoms with van der Waals surface area (Å²) in [6.07, 6.45) is 3.78. The largest absolute Gasteiger partial charge is 0.478 e. The first-order valence-electron chi connectivity index (χ1n) is 6.70. The maximum absolute atomic E-state index is 10.9.